The van der Waals surface area contributed by atoms with Gasteiger partial charge in [0.1, 0.15) is 6.04 Å². The summed E-state index contributed by atoms with van der Waals surface area (Å²) in [7, 11) is 0. The first-order chi connectivity index (χ1) is 8.82. The van der Waals surface area contributed by atoms with Crippen molar-refractivity contribution in [3.8, 4) is 5.75 Å². The number of carboxylic acid groups (broad SMARTS) is 1. The van der Waals surface area contributed by atoms with Crippen molar-refractivity contribution < 1.29 is 24.0 Å². The van der Waals surface area contributed by atoms with E-state index in [2.05, 4.69) is 0 Å². The number of benzene rings is 1. The number of aryl methyl sites for hydroxylation is 1. The fourth-order valence-corrected chi connectivity index (χ4v) is 1.37. The van der Waals surface area contributed by atoms with Crippen molar-refractivity contribution in [1.82, 2.24) is 0 Å². The molecule has 0 aromatic heterocycles. The second-order valence-electron chi connectivity index (χ2n) is 3.91. The highest BCUT2D eigenvalue weighted by molar-refractivity contribution is 5.72. The number of carboxylic acids is 1. The number of nitro groups is 1. The largest absolute Gasteiger partial charge is 0.490 e. The molecule has 0 heterocycles. The van der Waals surface area contributed by atoms with Crippen molar-refractivity contribution in [1.29, 1.82) is 0 Å². The van der Waals surface area contributed by atoms with Gasteiger partial charge in [-0.1, -0.05) is 0 Å². The molecule has 7 nitrogen and oxygen atoms in total. The van der Waals surface area contributed by atoms with Crippen LogP contribution in [0.3, 0.4) is 0 Å². The minimum Gasteiger partial charge on any atom is -0.490 e. The maximum absolute atomic E-state index is 13.5. The van der Waals surface area contributed by atoms with Crippen molar-refractivity contribution in [2.75, 3.05) is 6.61 Å². The molecular formula is C11H13FN2O5. The van der Waals surface area contributed by atoms with E-state index in [9.17, 15) is 19.3 Å². The van der Waals surface area contributed by atoms with E-state index in [-0.39, 0.29) is 30.0 Å². The molecule has 0 amide bonds. The lowest BCUT2D eigenvalue weighted by Gasteiger charge is -2.10. The van der Waals surface area contributed by atoms with Crippen molar-refractivity contribution in [2.24, 2.45) is 5.73 Å². The molecule has 3 N–H and O–H groups in total. The van der Waals surface area contributed by atoms with Crippen LogP contribution in [0.1, 0.15) is 12.0 Å². The molecule has 19 heavy (non-hydrogen) atoms. The van der Waals surface area contributed by atoms with Gasteiger partial charge in [0, 0.05) is 12.0 Å². The molecule has 0 spiro atoms. The number of nitro benzene ring substituents is 1. The van der Waals surface area contributed by atoms with Crippen LogP contribution in [0.15, 0.2) is 12.1 Å². The third kappa shape index (κ3) is 3.88. The third-order valence-electron chi connectivity index (χ3n) is 2.45. The maximum atomic E-state index is 13.5. The van der Waals surface area contributed by atoms with Crippen LogP contribution in [-0.2, 0) is 4.79 Å². The monoisotopic (exact) mass is 272 g/mol. The van der Waals surface area contributed by atoms with Gasteiger partial charge in [-0.3, -0.25) is 14.9 Å². The summed E-state index contributed by atoms with van der Waals surface area (Å²) in [4.78, 5) is 20.3. The van der Waals surface area contributed by atoms with Gasteiger partial charge in [-0.2, -0.15) is 0 Å². The van der Waals surface area contributed by atoms with Gasteiger partial charge in [-0.25, -0.2) is 4.39 Å². The molecule has 0 aliphatic rings. The first-order valence-electron chi connectivity index (χ1n) is 5.38. The molecule has 1 unspecified atom stereocenters. The number of hydrogen-bond acceptors (Lipinski definition) is 5. The van der Waals surface area contributed by atoms with E-state index in [4.69, 9.17) is 15.6 Å². The average Bonchev–Trinajstić information content (AvgIpc) is 2.32. The summed E-state index contributed by atoms with van der Waals surface area (Å²) in [5, 5.41) is 19.1. The van der Waals surface area contributed by atoms with Gasteiger partial charge in [0.2, 0.25) is 0 Å². The Balaban J connectivity index is 2.72. The van der Waals surface area contributed by atoms with Gasteiger partial charge in [0.25, 0.3) is 5.69 Å². The number of ether oxygens (including phenoxy) is 1. The molecule has 0 aliphatic heterocycles. The van der Waals surface area contributed by atoms with Crippen LogP contribution in [0.4, 0.5) is 10.1 Å². The van der Waals surface area contributed by atoms with E-state index in [0.29, 0.717) is 0 Å². The molecule has 0 bridgehead atoms. The lowest BCUT2D eigenvalue weighted by atomic mass is 10.2. The number of nitrogens with zero attached hydrogens (tertiary/aromatic N) is 1. The van der Waals surface area contributed by atoms with Gasteiger partial charge in [-0.15, -0.1) is 0 Å². The van der Waals surface area contributed by atoms with Crippen molar-refractivity contribution in [3.05, 3.63) is 33.6 Å². The van der Waals surface area contributed by atoms with E-state index in [1.54, 1.807) is 0 Å². The Morgan fingerprint density at radius 1 is 1.63 bits per heavy atom. The zero-order chi connectivity index (χ0) is 14.6. The van der Waals surface area contributed by atoms with Gasteiger partial charge in [0.15, 0.2) is 11.6 Å². The smallest absolute Gasteiger partial charge is 0.320 e. The predicted octanol–water partition coefficient (Wildman–Crippen LogP) is 1.22. The quantitative estimate of drug-likeness (QED) is 0.594. The molecule has 1 aromatic carbocycles. The van der Waals surface area contributed by atoms with Crippen LogP contribution in [-0.4, -0.2) is 28.6 Å². The molecule has 0 saturated heterocycles. The molecule has 0 aliphatic carbocycles. The third-order valence-corrected chi connectivity index (χ3v) is 2.45. The van der Waals surface area contributed by atoms with Gasteiger partial charge in [0.05, 0.1) is 17.6 Å². The maximum Gasteiger partial charge on any atom is 0.320 e. The first-order valence-corrected chi connectivity index (χ1v) is 5.38. The number of nitrogens with two attached hydrogens (primary N) is 1. The van der Waals surface area contributed by atoms with E-state index in [0.717, 1.165) is 6.07 Å². The Bertz CT molecular complexity index is 506. The van der Waals surface area contributed by atoms with E-state index in [1.165, 1.54) is 13.0 Å². The zero-order valence-electron chi connectivity index (χ0n) is 10.1. The average molecular weight is 272 g/mol. The summed E-state index contributed by atoms with van der Waals surface area (Å²) in [6.45, 7) is 1.36. The fraction of sp³-hybridized carbons (Fsp3) is 0.364. The molecular weight excluding hydrogens is 259 g/mol. The van der Waals surface area contributed by atoms with Crippen LogP contribution >= 0.6 is 0 Å². The van der Waals surface area contributed by atoms with Crippen LogP contribution in [0, 0.1) is 22.9 Å². The molecule has 104 valence electrons. The number of hydrogen-bond donors (Lipinski definition) is 2. The standard InChI is InChI=1S/C11H13FN2O5/c1-6-4-10(7(12)5-9(6)14(17)18)19-3-2-8(13)11(15)16/h4-5,8H,2-3,13H2,1H3,(H,15,16). The lowest BCUT2D eigenvalue weighted by Crippen LogP contribution is -2.31. The second-order valence-corrected chi connectivity index (χ2v) is 3.91. The Hall–Kier alpha value is -2.22. The summed E-state index contributed by atoms with van der Waals surface area (Å²) in [6.07, 6.45) is 0.00477. The Morgan fingerprint density at radius 2 is 2.26 bits per heavy atom. The van der Waals surface area contributed by atoms with Gasteiger partial charge >= 0.3 is 5.97 Å². The van der Waals surface area contributed by atoms with Gasteiger partial charge < -0.3 is 15.6 Å². The van der Waals surface area contributed by atoms with Crippen LogP contribution in [0.5, 0.6) is 5.75 Å². The van der Waals surface area contributed by atoms with Crippen LogP contribution in [0.25, 0.3) is 0 Å². The normalized spacial score (nSPS) is 11.9. The Labute approximate surface area is 107 Å². The van der Waals surface area contributed by atoms with Crippen LogP contribution in [0.2, 0.25) is 0 Å². The summed E-state index contributed by atoms with van der Waals surface area (Å²) < 4.78 is 18.5. The Kier molecular flexibility index (Phi) is 4.76. The molecule has 0 radical (unpaired) electrons. The van der Waals surface area contributed by atoms with Crippen molar-refractivity contribution in [2.45, 2.75) is 19.4 Å². The van der Waals surface area contributed by atoms with E-state index < -0.39 is 22.8 Å². The minimum absolute atomic E-state index is 0.00477. The molecule has 1 aromatic rings. The SMILES string of the molecule is Cc1cc(OCCC(N)C(=O)O)c(F)cc1[N+](=O)[O-]. The predicted molar refractivity (Wildman–Crippen MR) is 63.5 cm³/mol. The summed E-state index contributed by atoms with van der Waals surface area (Å²) in [5.74, 6) is -2.22. The highest BCUT2D eigenvalue weighted by atomic mass is 19.1. The first kappa shape index (κ1) is 14.8. The molecule has 0 saturated carbocycles. The summed E-state index contributed by atoms with van der Waals surface area (Å²) in [6, 6.07) is 0.865. The van der Waals surface area contributed by atoms with Crippen LogP contribution < -0.4 is 10.5 Å². The second kappa shape index (κ2) is 6.10. The lowest BCUT2D eigenvalue weighted by molar-refractivity contribution is -0.385. The number of aliphatic carboxylic acids is 1. The van der Waals surface area contributed by atoms with Crippen molar-refractivity contribution in [3.63, 3.8) is 0 Å². The number of rotatable bonds is 6. The summed E-state index contributed by atoms with van der Waals surface area (Å²) >= 11 is 0. The zero-order valence-corrected chi connectivity index (χ0v) is 10.1. The fourth-order valence-electron chi connectivity index (χ4n) is 1.37. The van der Waals surface area contributed by atoms with Crippen molar-refractivity contribution >= 4 is 11.7 Å². The van der Waals surface area contributed by atoms with E-state index in [1.807, 2.05) is 0 Å². The number of halogens is 1. The molecule has 1 atom stereocenters. The molecule has 1 rings (SSSR count). The van der Waals surface area contributed by atoms with E-state index >= 15 is 0 Å². The highest BCUT2D eigenvalue weighted by Gasteiger charge is 2.17. The molecule has 0 fully saturated rings. The Morgan fingerprint density at radius 3 is 2.79 bits per heavy atom. The topological polar surface area (TPSA) is 116 Å². The van der Waals surface area contributed by atoms with Gasteiger partial charge in [-0.05, 0) is 13.0 Å². The molecule has 8 heteroatoms. The highest BCUT2D eigenvalue weighted by Crippen LogP contribution is 2.27. The summed E-state index contributed by atoms with van der Waals surface area (Å²) in [5.41, 5.74) is 5.16. The number of carbonyl (C=O) groups is 1. The minimum atomic E-state index is -1.18.